The molecular weight excluding hydrogens is 359 g/mol. The predicted octanol–water partition coefficient (Wildman–Crippen LogP) is 5.01. The van der Waals surface area contributed by atoms with Gasteiger partial charge in [-0.1, -0.05) is 29.3 Å². The first-order valence-electron chi connectivity index (χ1n) is 8.00. The lowest BCUT2D eigenvalue weighted by molar-refractivity contribution is -0.137. The van der Waals surface area contributed by atoms with Crippen LogP contribution in [0.3, 0.4) is 0 Å². The van der Waals surface area contributed by atoms with Gasteiger partial charge in [-0.05, 0) is 59.9 Å². The smallest absolute Gasteiger partial charge is 0.303 e. The molecule has 2 aromatic carbocycles. The number of aliphatic carboxylic acids is 1. The molecule has 0 bridgehead atoms. The highest BCUT2D eigenvalue weighted by molar-refractivity contribution is 6.31. The Labute approximate surface area is 155 Å². The van der Waals surface area contributed by atoms with Crippen LogP contribution >= 0.6 is 23.2 Å². The number of fused-ring (bicyclic) bond motifs is 1. The fourth-order valence-electron chi connectivity index (χ4n) is 3.03. The van der Waals surface area contributed by atoms with Gasteiger partial charge in [-0.25, -0.2) is 0 Å². The zero-order valence-electron chi connectivity index (χ0n) is 13.5. The summed E-state index contributed by atoms with van der Waals surface area (Å²) in [6.45, 7) is 0.354. The summed E-state index contributed by atoms with van der Waals surface area (Å²) in [4.78, 5) is 14.3. The van der Waals surface area contributed by atoms with Crippen LogP contribution in [0.2, 0.25) is 10.0 Å². The van der Waals surface area contributed by atoms with Crippen LogP contribution in [0, 0.1) is 0 Å². The zero-order chi connectivity index (χ0) is 18.0. The van der Waals surface area contributed by atoms with Crippen molar-refractivity contribution >= 4 is 40.1 Å². The van der Waals surface area contributed by atoms with E-state index >= 15 is 0 Å². The summed E-state index contributed by atoms with van der Waals surface area (Å²) in [7, 11) is 0. The molecule has 0 spiro atoms. The van der Waals surface area contributed by atoms with Crippen molar-refractivity contribution in [1.82, 2.24) is 4.98 Å². The Morgan fingerprint density at radius 3 is 2.68 bits per heavy atom. The standard InChI is InChI=1S/C19H18Cl2N2O2/c20-13-5-7-17-15(9-13)14(2-1-3-18(24)25)19(23-17)11-4-6-16(21)12(8-11)10-22/h4-9,23H,1-3,10,22H2,(H,24,25). The molecule has 0 radical (unpaired) electrons. The molecule has 0 saturated heterocycles. The topological polar surface area (TPSA) is 79.1 Å². The zero-order valence-corrected chi connectivity index (χ0v) is 15.0. The van der Waals surface area contributed by atoms with E-state index in [2.05, 4.69) is 4.98 Å². The Balaban J connectivity index is 2.11. The number of hydrogen-bond donors (Lipinski definition) is 3. The minimum atomic E-state index is -0.795. The van der Waals surface area contributed by atoms with E-state index < -0.39 is 5.97 Å². The van der Waals surface area contributed by atoms with Gasteiger partial charge in [0.15, 0.2) is 0 Å². The number of hydrogen-bond acceptors (Lipinski definition) is 2. The van der Waals surface area contributed by atoms with E-state index in [0.29, 0.717) is 29.4 Å². The highest BCUT2D eigenvalue weighted by atomic mass is 35.5. The van der Waals surface area contributed by atoms with Crippen LogP contribution in [-0.2, 0) is 17.8 Å². The van der Waals surface area contributed by atoms with Gasteiger partial charge in [0.05, 0.1) is 0 Å². The molecule has 0 aliphatic carbocycles. The minimum Gasteiger partial charge on any atom is -0.481 e. The van der Waals surface area contributed by atoms with E-state index in [0.717, 1.165) is 33.3 Å². The number of benzene rings is 2. The number of rotatable bonds is 6. The van der Waals surface area contributed by atoms with Crippen molar-refractivity contribution in [3.05, 3.63) is 57.6 Å². The van der Waals surface area contributed by atoms with E-state index in [1.54, 1.807) is 0 Å². The third kappa shape index (κ3) is 3.82. The van der Waals surface area contributed by atoms with Crippen LogP contribution in [0.15, 0.2) is 36.4 Å². The number of nitrogens with two attached hydrogens (primary N) is 1. The number of carboxylic acid groups (broad SMARTS) is 1. The molecule has 0 aliphatic rings. The lowest BCUT2D eigenvalue weighted by Crippen LogP contribution is -1.99. The second kappa shape index (κ2) is 7.48. The molecule has 4 N–H and O–H groups in total. The van der Waals surface area contributed by atoms with Gasteiger partial charge >= 0.3 is 5.97 Å². The maximum absolute atomic E-state index is 10.9. The SMILES string of the molecule is NCc1cc(-c2[nH]c3ccc(Cl)cc3c2CCCC(=O)O)ccc1Cl. The van der Waals surface area contributed by atoms with Gasteiger partial charge in [0.25, 0.3) is 0 Å². The first-order chi connectivity index (χ1) is 12.0. The first kappa shape index (κ1) is 17.8. The molecule has 0 fully saturated rings. The second-order valence-electron chi connectivity index (χ2n) is 5.93. The average Bonchev–Trinajstić information content (AvgIpc) is 2.93. The van der Waals surface area contributed by atoms with Crippen molar-refractivity contribution in [3.63, 3.8) is 0 Å². The van der Waals surface area contributed by atoms with E-state index in [-0.39, 0.29) is 6.42 Å². The normalized spacial score (nSPS) is 11.2. The summed E-state index contributed by atoms with van der Waals surface area (Å²) in [5.41, 5.74) is 10.6. The van der Waals surface area contributed by atoms with Crippen LogP contribution in [0.5, 0.6) is 0 Å². The lowest BCUT2D eigenvalue weighted by Gasteiger charge is -2.08. The Hall–Kier alpha value is -2.01. The summed E-state index contributed by atoms with van der Waals surface area (Å²) in [6, 6.07) is 11.4. The van der Waals surface area contributed by atoms with Crippen molar-refractivity contribution in [3.8, 4) is 11.3 Å². The molecule has 4 nitrogen and oxygen atoms in total. The lowest BCUT2D eigenvalue weighted by atomic mass is 9.99. The number of aromatic nitrogens is 1. The largest absolute Gasteiger partial charge is 0.481 e. The number of H-pyrrole nitrogens is 1. The number of nitrogens with one attached hydrogen (secondary N) is 1. The fourth-order valence-corrected chi connectivity index (χ4v) is 3.40. The summed E-state index contributed by atoms with van der Waals surface area (Å²) < 4.78 is 0. The van der Waals surface area contributed by atoms with Crippen molar-refractivity contribution in [2.45, 2.75) is 25.8 Å². The van der Waals surface area contributed by atoms with Gasteiger partial charge in [0.1, 0.15) is 0 Å². The molecule has 0 unspecified atom stereocenters. The van der Waals surface area contributed by atoms with Gasteiger partial charge in [-0.3, -0.25) is 4.79 Å². The average molecular weight is 377 g/mol. The predicted molar refractivity (Wildman–Crippen MR) is 102 cm³/mol. The molecule has 3 aromatic rings. The third-order valence-corrected chi connectivity index (χ3v) is 4.84. The van der Waals surface area contributed by atoms with Crippen LogP contribution < -0.4 is 5.73 Å². The Morgan fingerprint density at radius 1 is 1.16 bits per heavy atom. The van der Waals surface area contributed by atoms with Crippen molar-refractivity contribution in [1.29, 1.82) is 0 Å². The van der Waals surface area contributed by atoms with Crippen molar-refractivity contribution in [2.24, 2.45) is 5.73 Å². The summed E-state index contributed by atoms with van der Waals surface area (Å²) >= 11 is 12.3. The van der Waals surface area contributed by atoms with Crippen molar-refractivity contribution < 1.29 is 9.90 Å². The Kier molecular flexibility index (Phi) is 5.33. The van der Waals surface area contributed by atoms with Gasteiger partial charge in [0.2, 0.25) is 0 Å². The minimum absolute atomic E-state index is 0.126. The van der Waals surface area contributed by atoms with Gasteiger partial charge in [-0.15, -0.1) is 0 Å². The monoisotopic (exact) mass is 376 g/mol. The molecular formula is C19H18Cl2N2O2. The van der Waals surface area contributed by atoms with E-state index in [9.17, 15) is 4.79 Å². The number of aryl methyl sites for hydroxylation is 1. The highest BCUT2D eigenvalue weighted by Crippen LogP contribution is 2.34. The fraction of sp³-hybridized carbons (Fsp3) is 0.211. The summed E-state index contributed by atoms with van der Waals surface area (Å²) in [5, 5.41) is 11.2. The highest BCUT2D eigenvalue weighted by Gasteiger charge is 2.15. The van der Waals surface area contributed by atoms with Crippen LogP contribution in [-0.4, -0.2) is 16.1 Å². The number of aromatic amines is 1. The maximum Gasteiger partial charge on any atom is 0.303 e. The van der Waals surface area contributed by atoms with Crippen LogP contribution in [0.25, 0.3) is 22.2 Å². The van der Waals surface area contributed by atoms with Crippen molar-refractivity contribution in [2.75, 3.05) is 0 Å². The molecule has 0 amide bonds. The molecule has 3 rings (SSSR count). The van der Waals surface area contributed by atoms with Crippen LogP contribution in [0.1, 0.15) is 24.0 Å². The van der Waals surface area contributed by atoms with E-state index in [1.165, 1.54) is 0 Å². The quantitative estimate of drug-likeness (QED) is 0.565. The number of halogens is 2. The van der Waals surface area contributed by atoms with Gasteiger partial charge in [-0.2, -0.15) is 0 Å². The first-order valence-corrected chi connectivity index (χ1v) is 8.76. The third-order valence-electron chi connectivity index (χ3n) is 4.24. The molecule has 25 heavy (non-hydrogen) atoms. The number of carboxylic acids is 1. The second-order valence-corrected chi connectivity index (χ2v) is 6.77. The molecule has 0 atom stereocenters. The van der Waals surface area contributed by atoms with Gasteiger partial charge < -0.3 is 15.8 Å². The molecule has 6 heteroatoms. The van der Waals surface area contributed by atoms with E-state index in [1.807, 2.05) is 36.4 Å². The summed E-state index contributed by atoms with van der Waals surface area (Å²) in [6.07, 6.45) is 1.32. The molecule has 1 aromatic heterocycles. The van der Waals surface area contributed by atoms with E-state index in [4.69, 9.17) is 34.0 Å². The molecule has 0 aliphatic heterocycles. The molecule has 130 valence electrons. The number of carbonyl (C=O) groups is 1. The Bertz CT molecular complexity index is 935. The van der Waals surface area contributed by atoms with Gasteiger partial charge in [0, 0.05) is 39.6 Å². The molecule has 0 saturated carbocycles. The maximum atomic E-state index is 10.9. The van der Waals surface area contributed by atoms with Crippen LogP contribution in [0.4, 0.5) is 0 Å². The summed E-state index contributed by atoms with van der Waals surface area (Å²) in [5.74, 6) is -0.795. The molecule has 1 heterocycles. The Morgan fingerprint density at radius 2 is 1.96 bits per heavy atom.